The Hall–Kier alpha value is -1.17. The van der Waals surface area contributed by atoms with Crippen LogP contribution in [0, 0.1) is 0 Å². The molecule has 2 rings (SSSR count). The van der Waals surface area contributed by atoms with Crippen LogP contribution in [-0.4, -0.2) is 11.8 Å². The molecule has 3 nitrogen and oxygen atoms in total. The van der Waals surface area contributed by atoms with Gasteiger partial charge in [0.05, 0.1) is 9.15 Å². The molecular weight excluding hydrogens is 293 g/mol. The summed E-state index contributed by atoms with van der Waals surface area (Å²) in [7, 11) is 0. The smallest absolute Gasteiger partial charge is 0.265 e. The van der Waals surface area contributed by atoms with E-state index in [0.717, 1.165) is 5.56 Å². The van der Waals surface area contributed by atoms with Crippen molar-refractivity contribution in [3.8, 4) is 0 Å². The Kier molecular flexibility index (Phi) is 2.37. The third-order valence-electron chi connectivity index (χ3n) is 1.94. The molecule has 70 valence electrons. The molecule has 0 atom stereocenters. The van der Waals surface area contributed by atoms with E-state index in [2.05, 4.69) is 5.32 Å². The highest BCUT2D eigenvalue weighted by molar-refractivity contribution is 14.1. The largest absolute Gasteiger partial charge is 0.288 e. The molecule has 1 aliphatic rings. The van der Waals surface area contributed by atoms with Crippen molar-refractivity contribution in [1.82, 2.24) is 5.32 Å². The topological polar surface area (TPSA) is 46.2 Å². The fourth-order valence-electron chi connectivity index (χ4n) is 1.30. The van der Waals surface area contributed by atoms with Crippen LogP contribution in [0.1, 0.15) is 5.56 Å². The van der Waals surface area contributed by atoms with Gasteiger partial charge in [-0.2, -0.15) is 0 Å². The van der Waals surface area contributed by atoms with Gasteiger partial charge >= 0.3 is 0 Å². The van der Waals surface area contributed by atoms with Crippen LogP contribution in [0.3, 0.4) is 0 Å². The molecule has 1 aliphatic heterocycles. The van der Waals surface area contributed by atoms with E-state index in [4.69, 9.17) is 0 Å². The second kappa shape index (κ2) is 3.53. The minimum atomic E-state index is -0.314. The summed E-state index contributed by atoms with van der Waals surface area (Å²) in [6, 6.07) is 9.16. The third kappa shape index (κ3) is 1.45. The van der Waals surface area contributed by atoms with E-state index in [1.165, 1.54) is 0 Å². The van der Waals surface area contributed by atoms with Gasteiger partial charge in [0.1, 0.15) is 0 Å². The van der Waals surface area contributed by atoms with Crippen LogP contribution < -0.4 is 5.32 Å². The Bertz CT molecular complexity index is 437. The van der Waals surface area contributed by atoms with Crippen LogP contribution in [0.2, 0.25) is 0 Å². The zero-order valence-corrected chi connectivity index (χ0v) is 9.24. The molecule has 0 unspecified atom stereocenters. The zero-order valence-electron chi connectivity index (χ0n) is 7.08. The molecule has 1 heterocycles. The number of rotatable bonds is 1. The van der Waals surface area contributed by atoms with Crippen LogP contribution in [0.5, 0.6) is 0 Å². The third-order valence-corrected chi connectivity index (χ3v) is 2.96. The van der Waals surface area contributed by atoms with E-state index < -0.39 is 0 Å². The molecule has 14 heavy (non-hydrogen) atoms. The van der Waals surface area contributed by atoms with Gasteiger partial charge in [0.2, 0.25) is 0 Å². The molecule has 1 aromatic carbocycles. The van der Waals surface area contributed by atoms with E-state index >= 15 is 0 Å². The van der Waals surface area contributed by atoms with Gasteiger partial charge in [-0.05, 0) is 28.2 Å². The molecule has 0 spiro atoms. The summed E-state index contributed by atoms with van der Waals surface area (Å²) in [6.45, 7) is 0. The lowest BCUT2D eigenvalue weighted by atomic mass is 10.1. The van der Waals surface area contributed by atoms with Gasteiger partial charge in [-0.15, -0.1) is 0 Å². The molecule has 1 N–H and O–H groups in total. The number of hydrogen-bond acceptors (Lipinski definition) is 2. The molecule has 2 amide bonds. The van der Waals surface area contributed by atoms with Crippen LogP contribution in [0.4, 0.5) is 0 Å². The fourth-order valence-corrected chi connectivity index (χ4v) is 1.99. The summed E-state index contributed by atoms with van der Waals surface area (Å²) in [4.78, 5) is 22.6. The van der Waals surface area contributed by atoms with Crippen molar-refractivity contribution in [3.63, 3.8) is 0 Å². The molecule has 0 fully saturated rings. The number of carbonyl (C=O) groups excluding carboxylic acids is 2. The molecular formula is C10H6INO2. The van der Waals surface area contributed by atoms with Gasteiger partial charge in [-0.3, -0.25) is 14.9 Å². The van der Waals surface area contributed by atoms with Crippen molar-refractivity contribution in [2.45, 2.75) is 0 Å². The van der Waals surface area contributed by atoms with Crippen LogP contribution in [0.25, 0.3) is 5.57 Å². The summed E-state index contributed by atoms with van der Waals surface area (Å²) < 4.78 is 0.457. The van der Waals surface area contributed by atoms with Gasteiger partial charge < -0.3 is 0 Å². The first kappa shape index (κ1) is 9.39. The highest BCUT2D eigenvalue weighted by Gasteiger charge is 2.28. The standard InChI is InChI=1S/C10H6INO2/c11-8-7(9(13)12-10(8)14)6-4-2-1-3-5-6/h1-5H,(H,12,13,14). The Morgan fingerprint density at radius 2 is 1.64 bits per heavy atom. The van der Waals surface area contributed by atoms with Crippen molar-refractivity contribution < 1.29 is 9.59 Å². The first-order valence-corrected chi connectivity index (χ1v) is 5.09. The maximum absolute atomic E-state index is 11.4. The number of amides is 2. The zero-order chi connectivity index (χ0) is 10.1. The lowest BCUT2D eigenvalue weighted by molar-refractivity contribution is -0.123. The summed E-state index contributed by atoms with van der Waals surface area (Å²) in [5, 5.41) is 2.26. The van der Waals surface area contributed by atoms with Crippen molar-refractivity contribution in [2.75, 3.05) is 0 Å². The first-order chi connectivity index (χ1) is 6.70. The van der Waals surface area contributed by atoms with E-state index in [0.29, 0.717) is 9.15 Å². The summed E-state index contributed by atoms with van der Waals surface area (Å²) in [5.41, 5.74) is 1.25. The molecule has 0 bridgehead atoms. The minimum Gasteiger partial charge on any atom is -0.288 e. The maximum atomic E-state index is 11.4. The van der Waals surface area contributed by atoms with E-state index in [9.17, 15) is 9.59 Å². The number of benzene rings is 1. The molecule has 0 saturated carbocycles. The second-order valence-corrected chi connectivity index (χ2v) is 3.92. The van der Waals surface area contributed by atoms with E-state index in [-0.39, 0.29) is 11.8 Å². The molecule has 0 saturated heterocycles. The van der Waals surface area contributed by atoms with Crippen molar-refractivity contribution in [2.24, 2.45) is 0 Å². The monoisotopic (exact) mass is 299 g/mol. The van der Waals surface area contributed by atoms with Gasteiger partial charge in [0.15, 0.2) is 0 Å². The highest BCUT2D eigenvalue weighted by Crippen LogP contribution is 2.27. The first-order valence-electron chi connectivity index (χ1n) is 4.01. The van der Waals surface area contributed by atoms with E-state index in [1.54, 1.807) is 0 Å². The van der Waals surface area contributed by atoms with Crippen molar-refractivity contribution >= 4 is 40.0 Å². The maximum Gasteiger partial charge on any atom is 0.265 e. The number of hydrogen-bond donors (Lipinski definition) is 1. The molecule has 0 aliphatic carbocycles. The average molecular weight is 299 g/mol. The number of carbonyl (C=O) groups is 2. The van der Waals surface area contributed by atoms with Crippen LogP contribution in [-0.2, 0) is 9.59 Å². The molecule has 4 heteroatoms. The van der Waals surface area contributed by atoms with Crippen LogP contribution in [0.15, 0.2) is 33.9 Å². The lowest BCUT2D eigenvalue weighted by Crippen LogP contribution is -2.22. The summed E-state index contributed by atoms with van der Waals surface area (Å²) >= 11 is 1.89. The SMILES string of the molecule is O=C1NC(=O)C(c2ccccc2)=C1I. The molecule has 0 aromatic heterocycles. The highest BCUT2D eigenvalue weighted by atomic mass is 127. The number of imide groups is 1. The Balaban J connectivity index is 2.54. The Morgan fingerprint density at radius 3 is 2.14 bits per heavy atom. The van der Waals surface area contributed by atoms with Crippen molar-refractivity contribution in [1.29, 1.82) is 0 Å². The number of halogens is 1. The minimum absolute atomic E-state index is 0.311. The Morgan fingerprint density at radius 1 is 1.00 bits per heavy atom. The predicted octanol–water partition coefficient (Wildman–Crippen LogP) is 1.49. The summed E-state index contributed by atoms with van der Waals surface area (Å²) in [5.74, 6) is -0.625. The lowest BCUT2D eigenvalue weighted by Gasteiger charge is -1.98. The van der Waals surface area contributed by atoms with Gasteiger partial charge in [0, 0.05) is 0 Å². The normalized spacial score (nSPS) is 16.1. The predicted molar refractivity (Wildman–Crippen MR) is 60.5 cm³/mol. The Labute approximate surface area is 94.3 Å². The fraction of sp³-hybridized carbons (Fsp3) is 0. The molecule has 0 radical (unpaired) electrons. The van der Waals surface area contributed by atoms with Crippen LogP contribution >= 0.6 is 22.6 Å². The average Bonchev–Trinajstić information content (AvgIpc) is 2.43. The van der Waals surface area contributed by atoms with Gasteiger partial charge in [-0.1, -0.05) is 30.3 Å². The quantitative estimate of drug-likeness (QED) is 0.631. The second-order valence-electron chi connectivity index (χ2n) is 2.84. The van der Waals surface area contributed by atoms with Gasteiger partial charge in [0.25, 0.3) is 11.8 Å². The molecule has 1 aromatic rings. The summed E-state index contributed by atoms with van der Waals surface area (Å²) in [6.07, 6.45) is 0. The van der Waals surface area contributed by atoms with E-state index in [1.807, 2.05) is 52.9 Å². The van der Waals surface area contributed by atoms with Crippen molar-refractivity contribution in [3.05, 3.63) is 39.5 Å². The number of nitrogens with one attached hydrogen (secondary N) is 1. The van der Waals surface area contributed by atoms with Gasteiger partial charge in [-0.25, -0.2) is 0 Å².